The maximum Gasteiger partial charge on any atom is 0.325 e. The lowest BCUT2D eigenvalue weighted by Crippen LogP contribution is -2.45. The van der Waals surface area contributed by atoms with Gasteiger partial charge >= 0.3 is 11.9 Å². The lowest BCUT2D eigenvalue weighted by atomic mass is 9.94. The highest BCUT2D eigenvalue weighted by Gasteiger charge is 2.44. The molecule has 3 unspecified atom stereocenters. The van der Waals surface area contributed by atoms with Crippen LogP contribution in [0, 0.1) is 17.8 Å². The first-order chi connectivity index (χ1) is 9.81. The van der Waals surface area contributed by atoms with Crippen molar-refractivity contribution in [3.63, 3.8) is 0 Å². The number of esters is 1. The van der Waals surface area contributed by atoms with Crippen LogP contribution in [0.4, 0.5) is 0 Å². The van der Waals surface area contributed by atoms with Gasteiger partial charge in [0.05, 0.1) is 18.9 Å². The molecular weight excluding hydrogens is 274 g/mol. The molecule has 21 heavy (non-hydrogen) atoms. The van der Waals surface area contributed by atoms with Crippen LogP contribution in [0.1, 0.15) is 40.0 Å². The first kappa shape index (κ1) is 17.5. The van der Waals surface area contributed by atoms with Gasteiger partial charge in [-0.1, -0.05) is 13.3 Å². The van der Waals surface area contributed by atoms with E-state index in [9.17, 15) is 19.5 Å². The Morgan fingerprint density at radius 2 is 1.81 bits per heavy atom. The van der Waals surface area contributed by atoms with Crippen molar-refractivity contribution >= 4 is 17.8 Å². The summed E-state index contributed by atoms with van der Waals surface area (Å²) in [5.41, 5.74) is 0. The number of methoxy groups -OCH3 is 1. The molecule has 0 aromatic carbocycles. The van der Waals surface area contributed by atoms with Gasteiger partial charge in [-0.2, -0.15) is 0 Å². The van der Waals surface area contributed by atoms with Gasteiger partial charge in [-0.15, -0.1) is 0 Å². The van der Waals surface area contributed by atoms with Crippen LogP contribution in [0.25, 0.3) is 0 Å². The van der Waals surface area contributed by atoms with Gasteiger partial charge < -0.3 is 14.7 Å². The van der Waals surface area contributed by atoms with E-state index in [2.05, 4.69) is 4.74 Å². The molecule has 0 aliphatic heterocycles. The number of rotatable bonds is 6. The quantitative estimate of drug-likeness (QED) is 0.752. The number of carboxylic acid groups (broad SMARTS) is 1. The second-order valence-corrected chi connectivity index (χ2v) is 5.93. The number of hydrogen-bond acceptors (Lipinski definition) is 4. The first-order valence-corrected chi connectivity index (χ1v) is 7.41. The SMILES string of the molecule is CCC1CC(C(=O)O)C(C(=O)N(CC(=O)OC)C(C)C)C1. The van der Waals surface area contributed by atoms with Crippen LogP contribution in [-0.4, -0.2) is 47.5 Å². The van der Waals surface area contributed by atoms with E-state index in [1.165, 1.54) is 12.0 Å². The number of amides is 1. The van der Waals surface area contributed by atoms with Crippen LogP contribution in [0.2, 0.25) is 0 Å². The Morgan fingerprint density at radius 3 is 2.24 bits per heavy atom. The molecule has 0 aromatic rings. The summed E-state index contributed by atoms with van der Waals surface area (Å²) in [6.45, 7) is 5.49. The zero-order chi connectivity index (χ0) is 16.2. The van der Waals surface area contributed by atoms with Gasteiger partial charge in [0.1, 0.15) is 6.54 Å². The molecule has 1 N–H and O–H groups in total. The number of aliphatic carboxylic acids is 1. The van der Waals surface area contributed by atoms with Crippen LogP contribution < -0.4 is 0 Å². The van der Waals surface area contributed by atoms with Crippen molar-refractivity contribution in [1.82, 2.24) is 4.90 Å². The van der Waals surface area contributed by atoms with Gasteiger partial charge in [-0.25, -0.2) is 0 Å². The Balaban J connectivity index is 2.90. The van der Waals surface area contributed by atoms with Crippen LogP contribution in [0.15, 0.2) is 0 Å². The predicted molar refractivity (Wildman–Crippen MR) is 76.5 cm³/mol. The molecule has 3 atom stereocenters. The number of nitrogens with zero attached hydrogens (tertiary/aromatic N) is 1. The van der Waals surface area contributed by atoms with E-state index in [4.69, 9.17) is 0 Å². The van der Waals surface area contributed by atoms with E-state index in [0.29, 0.717) is 12.8 Å². The molecule has 6 heteroatoms. The molecule has 0 heterocycles. The Labute approximate surface area is 125 Å². The predicted octanol–water partition coefficient (Wildman–Crippen LogP) is 1.53. The lowest BCUT2D eigenvalue weighted by Gasteiger charge is -2.29. The van der Waals surface area contributed by atoms with Crippen molar-refractivity contribution in [1.29, 1.82) is 0 Å². The third-order valence-corrected chi connectivity index (χ3v) is 4.31. The molecule has 6 nitrogen and oxygen atoms in total. The molecular formula is C15H25NO5. The molecule has 1 rings (SSSR count). The smallest absolute Gasteiger partial charge is 0.325 e. The Morgan fingerprint density at radius 1 is 1.24 bits per heavy atom. The number of hydrogen-bond donors (Lipinski definition) is 1. The fourth-order valence-electron chi connectivity index (χ4n) is 2.95. The second-order valence-electron chi connectivity index (χ2n) is 5.93. The average Bonchev–Trinajstić information content (AvgIpc) is 2.87. The molecule has 0 bridgehead atoms. The van der Waals surface area contributed by atoms with Gasteiger partial charge in [0.15, 0.2) is 0 Å². The molecule has 0 aromatic heterocycles. The van der Waals surface area contributed by atoms with E-state index in [0.717, 1.165) is 6.42 Å². The largest absolute Gasteiger partial charge is 0.481 e. The summed E-state index contributed by atoms with van der Waals surface area (Å²) in [6, 6.07) is -0.174. The van der Waals surface area contributed by atoms with E-state index >= 15 is 0 Å². The summed E-state index contributed by atoms with van der Waals surface area (Å²) in [6.07, 6.45) is 1.98. The molecule has 0 saturated heterocycles. The molecule has 0 radical (unpaired) electrons. The van der Waals surface area contributed by atoms with Crippen LogP contribution in [0.3, 0.4) is 0 Å². The Bertz CT molecular complexity index is 407. The fraction of sp³-hybridized carbons (Fsp3) is 0.800. The number of carboxylic acids is 1. The van der Waals surface area contributed by atoms with Gasteiger partial charge in [0.2, 0.25) is 5.91 Å². The van der Waals surface area contributed by atoms with E-state index in [-0.39, 0.29) is 24.4 Å². The maximum absolute atomic E-state index is 12.7. The Kier molecular flexibility index (Phi) is 6.18. The van der Waals surface area contributed by atoms with Crippen molar-refractivity contribution in [2.24, 2.45) is 17.8 Å². The topological polar surface area (TPSA) is 83.9 Å². The van der Waals surface area contributed by atoms with Crippen molar-refractivity contribution in [2.45, 2.75) is 46.1 Å². The highest BCUT2D eigenvalue weighted by molar-refractivity contribution is 5.88. The van der Waals surface area contributed by atoms with Crippen LogP contribution in [0.5, 0.6) is 0 Å². The van der Waals surface area contributed by atoms with Crippen LogP contribution >= 0.6 is 0 Å². The highest BCUT2D eigenvalue weighted by atomic mass is 16.5. The van der Waals surface area contributed by atoms with Crippen molar-refractivity contribution < 1.29 is 24.2 Å². The molecule has 1 aliphatic carbocycles. The molecule has 1 aliphatic rings. The summed E-state index contributed by atoms with van der Waals surface area (Å²) in [5, 5.41) is 9.33. The van der Waals surface area contributed by atoms with Crippen molar-refractivity contribution in [3.05, 3.63) is 0 Å². The minimum absolute atomic E-state index is 0.132. The summed E-state index contributed by atoms with van der Waals surface area (Å²) in [5.74, 6) is -2.60. The zero-order valence-corrected chi connectivity index (χ0v) is 13.2. The van der Waals surface area contributed by atoms with E-state index in [1.807, 2.05) is 20.8 Å². The fourth-order valence-corrected chi connectivity index (χ4v) is 2.95. The molecule has 1 saturated carbocycles. The van der Waals surface area contributed by atoms with Gasteiger partial charge in [0, 0.05) is 6.04 Å². The van der Waals surface area contributed by atoms with Crippen molar-refractivity contribution in [3.8, 4) is 0 Å². The summed E-state index contributed by atoms with van der Waals surface area (Å²) < 4.78 is 4.61. The third-order valence-electron chi connectivity index (χ3n) is 4.31. The average molecular weight is 299 g/mol. The van der Waals surface area contributed by atoms with Crippen LogP contribution in [-0.2, 0) is 19.1 Å². The number of carbonyl (C=O) groups excluding carboxylic acids is 2. The summed E-state index contributed by atoms with van der Waals surface area (Å²) >= 11 is 0. The molecule has 0 spiro atoms. The Hall–Kier alpha value is -1.59. The number of ether oxygens (including phenoxy) is 1. The minimum Gasteiger partial charge on any atom is -0.481 e. The third kappa shape index (κ3) is 4.19. The first-order valence-electron chi connectivity index (χ1n) is 7.41. The summed E-state index contributed by atoms with van der Waals surface area (Å²) in [4.78, 5) is 36.9. The monoisotopic (exact) mass is 299 g/mol. The van der Waals surface area contributed by atoms with E-state index < -0.39 is 23.8 Å². The lowest BCUT2D eigenvalue weighted by molar-refractivity contribution is -0.153. The molecule has 120 valence electrons. The summed E-state index contributed by atoms with van der Waals surface area (Å²) in [7, 11) is 1.27. The van der Waals surface area contributed by atoms with Gasteiger partial charge in [0.25, 0.3) is 0 Å². The normalized spacial score (nSPS) is 24.9. The van der Waals surface area contributed by atoms with Crippen molar-refractivity contribution in [2.75, 3.05) is 13.7 Å². The second kappa shape index (κ2) is 7.43. The minimum atomic E-state index is -0.925. The highest BCUT2D eigenvalue weighted by Crippen LogP contribution is 2.39. The maximum atomic E-state index is 12.7. The van der Waals surface area contributed by atoms with E-state index in [1.54, 1.807) is 0 Å². The molecule has 1 amide bonds. The van der Waals surface area contributed by atoms with Gasteiger partial charge in [-0.05, 0) is 32.6 Å². The standard InChI is InChI=1S/C15H25NO5/c1-5-10-6-11(12(7-10)15(19)20)14(18)16(9(2)3)8-13(17)21-4/h9-12H,5-8H2,1-4H3,(H,19,20). The molecule has 1 fully saturated rings. The zero-order valence-electron chi connectivity index (χ0n) is 13.2. The van der Waals surface area contributed by atoms with Gasteiger partial charge in [-0.3, -0.25) is 14.4 Å². The number of carbonyl (C=O) groups is 3.